The Morgan fingerprint density at radius 1 is 1.53 bits per heavy atom. The molecule has 1 rings (SSSR count). The summed E-state index contributed by atoms with van der Waals surface area (Å²) >= 11 is 0. The predicted octanol–water partition coefficient (Wildman–Crippen LogP) is 0.572. The van der Waals surface area contributed by atoms with Crippen LogP contribution in [0.1, 0.15) is 24.2 Å². The lowest BCUT2D eigenvalue weighted by Crippen LogP contribution is -2.17. The quantitative estimate of drug-likeness (QED) is 0.444. The van der Waals surface area contributed by atoms with E-state index in [9.17, 15) is 9.90 Å². The number of hydrogen-bond acceptors (Lipinski definition) is 4. The largest absolute Gasteiger partial charge is 0.378 e. The van der Waals surface area contributed by atoms with Gasteiger partial charge in [-0.25, -0.2) is 5.43 Å². The van der Waals surface area contributed by atoms with Crippen molar-refractivity contribution in [2.75, 3.05) is 0 Å². The van der Waals surface area contributed by atoms with Gasteiger partial charge in [-0.1, -0.05) is 5.92 Å². The van der Waals surface area contributed by atoms with Crippen molar-refractivity contribution in [1.82, 2.24) is 10.4 Å². The molecular formula is C12H13N3O2. The van der Waals surface area contributed by atoms with Gasteiger partial charge in [0.1, 0.15) is 5.60 Å². The van der Waals surface area contributed by atoms with E-state index in [0.717, 1.165) is 0 Å². The molecule has 0 aliphatic rings. The van der Waals surface area contributed by atoms with Crippen molar-refractivity contribution in [3.05, 3.63) is 30.1 Å². The van der Waals surface area contributed by atoms with Crippen LogP contribution in [-0.4, -0.2) is 27.8 Å². The average molecular weight is 231 g/mol. The number of aliphatic hydroxyl groups is 1. The molecule has 0 saturated heterocycles. The molecule has 1 aromatic rings. The van der Waals surface area contributed by atoms with Gasteiger partial charge in [0.15, 0.2) is 0 Å². The molecule has 88 valence electrons. The molecule has 1 aromatic heterocycles. The van der Waals surface area contributed by atoms with E-state index in [1.54, 1.807) is 26.0 Å². The number of nitrogens with zero attached hydrogens (tertiary/aromatic N) is 2. The minimum atomic E-state index is -1.07. The fraction of sp³-hybridized carbons (Fsp3) is 0.250. The van der Waals surface area contributed by atoms with Gasteiger partial charge in [-0.2, -0.15) is 5.10 Å². The maximum atomic E-state index is 11.5. The fourth-order valence-corrected chi connectivity index (χ4v) is 0.900. The minimum Gasteiger partial charge on any atom is -0.378 e. The van der Waals surface area contributed by atoms with Crippen LogP contribution in [0.2, 0.25) is 0 Å². The van der Waals surface area contributed by atoms with E-state index in [-0.39, 0.29) is 5.91 Å². The number of carbonyl (C=O) groups excluding carboxylic acids is 1. The van der Waals surface area contributed by atoms with E-state index < -0.39 is 5.60 Å². The fourth-order valence-electron chi connectivity index (χ4n) is 0.900. The molecule has 0 aliphatic heterocycles. The SMILES string of the molecule is CC(C)(O)C#CC=NNC(=O)c1ccncc1. The Labute approximate surface area is 99.6 Å². The van der Waals surface area contributed by atoms with Crippen molar-refractivity contribution in [2.24, 2.45) is 5.10 Å². The lowest BCUT2D eigenvalue weighted by Gasteiger charge is -2.04. The molecule has 0 radical (unpaired) electrons. The third kappa shape index (κ3) is 5.44. The number of amides is 1. The highest BCUT2D eigenvalue weighted by Crippen LogP contribution is 1.96. The summed E-state index contributed by atoms with van der Waals surface area (Å²) < 4.78 is 0. The van der Waals surface area contributed by atoms with E-state index in [2.05, 4.69) is 27.4 Å². The second-order valence-electron chi connectivity index (χ2n) is 3.76. The van der Waals surface area contributed by atoms with E-state index in [4.69, 9.17) is 0 Å². The average Bonchev–Trinajstić information content (AvgIpc) is 2.28. The zero-order chi connectivity index (χ0) is 12.7. The van der Waals surface area contributed by atoms with Crippen molar-refractivity contribution >= 4 is 12.1 Å². The van der Waals surface area contributed by atoms with E-state index in [0.29, 0.717) is 5.56 Å². The first kappa shape index (κ1) is 12.9. The van der Waals surface area contributed by atoms with Crippen LogP contribution in [-0.2, 0) is 0 Å². The molecule has 1 heterocycles. The molecule has 0 fully saturated rings. The first-order valence-electron chi connectivity index (χ1n) is 4.96. The molecule has 0 unspecified atom stereocenters. The van der Waals surface area contributed by atoms with Crippen LogP contribution in [0.5, 0.6) is 0 Å². The van der Waals surface area contributed by atoms with Crippen molar-refractivity contribution in [3.63, 3.8) is 0 Å². The highest BCUT2D eigenvalue weighted by atomic mass is 16.3. The third-order valence-corrected chi connectivity index (χ3v) is 1.62. The van der Waals surface area contributed by atoms with Gasteiger partial charge in [-0.3, -0.25) is 9.78 Å². The van der Waals surface area contributed by atoms with Crippen LogP contribution in [0.4, 0.5) is 0 Å². The van der Waals surface area contributed by atoms with Crippen LogP contribution >= 0.6 is 0 Å². The van der Waals surface area contributed by atoms with E-state index in [1.165, 1.54) is 18.6 Å². The first-order valence-corrected chi connectivity index (χ1v) is 4.96. The Kier molecular flexibility index (Phi) is 4.37. The Bertz CT molecular complexity index is 464. The summed E-state index contributed by atoms with van der Waals surface area (Å²) in [4.78, 5) is 15.3. The molecule has 17 heavy (non-hydrogen) atoms. The predicted molar refractivity (Wildman–Crippen MR) is 64.3 cm³/mol. The Hall–Kier alpha value is -2.19. The molecule has 0 saturated carbocycles. The summed E-state index contributed by atoms with van der Waals surface area (Å²) in [6.45, 7) is 3.12. The summed E-state index contributed by atoms with van der Waals surface area (Å²) in [5, 5.41) is 12.9. The van der Waals surface area contributed by atoms with Crippen LogP contribution in [0.3, 0.4) is 0 Å². The van der Waals surface area contributed by atoms with Gasteiger partial charge in [0.2, 0.25) is 0 Å². The van der Waals surface area contributed by atoms with Crippen LogP contribution in [0, 0.1) is 11.8 Å². The molecule has 0 atom stereocenters. The van der Waals surface area contributed by atoms with E-state index >= 15 is 0 Å². The topological polar surface area (TPSA) is 74.6 Å². The summed E-state index contributed by atoms with van der Waals surface area (Å²) in [6, 6.07) is 3.15. The number of rotatable bonds is 2. The zero-order valence-electron chi connectivity index (χ0n) is 9.64. The van der Waals surface area contributed by atoms with Gasteiger partial charge in [0.05, 0.1) is 6.21 Å². The molecule has 0 bridgehead atoms. The van der Waals surface area contributed by atoms with Gasteiger partial charge in [-0.15, -0.1) is 0 Å². The van der Waals surface area contributed by atoms with Gasteiger partial charge in [0, 0.05) is 18.0 Å². The number of carbonyl (C=O) groups is 1. The first-order chi connectivity index (χ1) is 7.99. The number of nitrogens with one attached hydrogen (secondary N) is 1. The summed E-state index contributed by atoms with van der Waals surface area (Å²) in [5.41, 5.74) is 1.70. The molecule has 5 heteroatoms. The second-order valence-corrected chi connectivity index (χ2v) is 3.76. The van der Waals surface area contributed by atoms with Gasteiger partial charge in [0.25, 0.3) is 5.91 Å². The normalized spacial score (nSPS) is 10.8. The summed E-state index contributed by atoms with van der Waals surface area (Å²) in [6.07, 6.45) is 4.26. The number of pyridine rings is 1. The summed E-state index contributed by atoms with van der Waals surface area (Å²) in [7, 11) is 0. The molecule has 0 spiro atoms. The molecule has 1 amide bonds. The minimum absolute atomic E-state index is 0.339. The number of hydrazone groups is 1. The van der Waals surface area contributed by atoms with Crippen molar-refractivity contribution in [2.45, 2.75) is 19.4 Å². The smallest absolute Gasteiger partial charge is 0.271 e. The van der Waals surface area contributed by atoms with Gasteiger partial charge in [-0.05, 0) is 31.9 Å². The lowest BCUT2D eigenvalue weighted by atomic mass is 10.1. The van der Waals surface area contributed by atoms with Crippen molar-refractivity contribution in [1.29, 1.82) is 0 Å². The van der Waals surface area contributed by atoms with Crippen molar-refractivity contribution < 1.29 is 9.90 Å². The second kappa shape index (κ2) is 5.77. The molecule has 0 aliphatic carbocycles. The highest BCUT2D eigenvalue weighted by Gasteiger charge is 2.05. The van der Waals surface area contributed by atoms with Gasteiger partial charge >= 0.3 is 0 Å². The van der Waals surface area contributed by atoms with Crippen molar-refractivity contribution in [3.8, 4) is 11.8 Å². The zero-order valence-corrected chi connectivity index (χ0v) is 9.64. The van der Waals surface area contributed by atoms with Crippen LogP contribution < -0.4 is 5.43 Å². The lowest BCUT2D eigenvalue weighted by molar-refractivity contribution is 0.0955. The highest BCUT2D eigenvalue weighted by molar-refractivity contribution is 5.94. The molecular weight excluding hydrogens is 218 g/mol. The molecule has 2 N–H and O–H groups in total. The maximum absolute atomic E-state index is 11.5. The molecule has 0 aromatic carbocycles. The van der Waals surface area contributed by atoms with E-state index in [1.807, 2.05) is 0 Å². The Morgan fingerprint density at radius 2 is 2.18 bits per heavy atom. The standard InChI is InChI=1S/C12H13N3O2/c1-12(2,17)6-3-7-14-15-11(16)10-4-8-13-9-5-10/h4-5,7-9,17H,1-2H3,(H,15,16). The van der Waals surface area contributed by atoms with Gasteiger partial charge < -0.3 is 5.11 Å². The number of hydrogen-bond donors (Lipinski definition) is 2. The van der Waals surface area contributed by atoms with Crippen LogP contribution in [0.25, 0.3) is 0 Å². The Morgan fingerprint density at radius 3 is 2.76 bits per heavy atom. The third-order valence-electron chi connectivity index (χ3n) is 1.62. The number of aromatic nitrogens is 1. The maximum Gasteiger partial charge on any atom is 0.271 e. The summed E-state index contributed by atoms with van der Waals surface area (Å²) in [5.74, 6) is 4.70. The molecule has 5 nitrogen and oxygen atoms in total. The van der Waals surface area contributed by atoms with Crippen LogP contribution in [0.15, 0.2) is 29.6 Å². The Balaban J connectivity index is 2.49. The monoisotopic (exact) mass is 231 g/mol.